The fourth-order valence-corrected chi connectivity index (χ4v) is 7.19. The van der Waals surface area contributed by atoms with E-state index in [0.29, 0.717) is 13.0 Å². The topological polar surface area (TPSA) is 117 Å². The van der Waals surface area contributed by atoms with E-state index in [1.165, 1.54) is 4.90 Å². The molecular formula is C33H43N3O7. The van der Waals surface area contributed by atoms with Crippen LogP contribution < -0.4 is 0 Å². The normalized spacial score (nSPS) is 34.5. The molecule has 4 heterocycles. The molecule has 1 spiro atoms. The van der Waals surface area contributed by atoms with Gasteiger partial charge in [0.05, 0.1) is 24.7 Å². The van der Waals surface area contributed by atoms with Gasteiger partial charge in [0, 0.05) is 32.6 Å². The maximum Gasteiger partial charge on any atom is 0.313 e. The molecule has 4 aliphatic rings. The molecule has 0 aromatic heterocycles. The minimum absolute atomic E-state index is 0.0560. The first-order valence-corrected chi connectivity index (χ1v) is 15.4. The van der Waals surface area contributed by atoms with E-state index in [2.05, 4.69) is 6.92 Å². The van der Waals surface area contributed by atoms with E-state index in [0.717, 1.165) is 18.4 Å². The van der Waals surface area contributed by atoms with Gasteiger partial charge < -0.3 is 29.3 Å². The highest BCUT2D eigenvalue weighted by atomic mass is 16.6. The molecule has 232 valence electrons. The molecular weight excluding hydrogens is 550 g/mol. The molecule has 0 saturated carbocycles. The fraction of sp³-hybridized carbons (Fsp3) is 0.576. The van der Waals surface area contributed by atoms with Crippen molar-refractivity contribution in [1.29, 1.82) is 0 Å². The Balaban J connectivity index is 1.59. The summed E-state index contributed by atoms with van der Waals surface area (Å²) in [6.07, 6.45) is 8.15. The molecule has 5 bridgehead atoms. The lowest BCUT2D eigenvalue weighted by Crippen LogP contribution is -2.57. The lowest BCUT2D eigenvalue weighted by Gasteiger charge is -2.38. The molecule has 1 aromatic rings. The molecule has 0 radical (unpaired) electrons. The van der Waals surface area contributed by atoms with Crippen LogP contribution in [-0.4, -0.2) is 100 Å². The number of allylic oxidation sites excluding steroid dienone is 1. The summed E-state index contributed by atoms with van der Waals surface area (Å²) < 4.78 is 12.7. The van der Waals surface area contributed by atoms with Crippen molar-refractivity contribution >= 4 is 23.7 Å². The van der Waals surface area contributed by atoms with E-state index in [1.54, 1.807) is 29.0 Å². The molecule has 2 fully saturated rings. The van der Waals surface area contributed by atoms with E-state index in [1.807, 2.05) is 56.3 Å². The van der Waals surface area contributed by atoms with E-state index < -0.39 is 53.6 Å². The summed E-state index contributed by atoms with van der Waals surface area (Å²) in [5.41, 5.74) is -0.622. The summed E-state index contributed by atoms with van der Waals surface area (Å²) >= 11 is 0. The van der Waals surface area contributed by atoms with Crippen molar-refractivity contribution in [2.75, 3.05) is 26.7 Å². The summed E-state index contributed by atoms with van der Waals surface area (Å²) in [4.78, 5) is 60.6. The number of hydrogen-bond acceptors (Lipinski definition) is 7. The second-order valence-corrected chi connectivity index (χ2v) is 12.1. The van der Waals surface area contributed by atoms with Crippen LogP contribution in [0, 0.1) is 11.8 Å². The molecule has 43 heavy (non-hydrogen) atoms. The van der Waals surface area contributed by atoms with Crippen molar-refractivity contribution in [2.45, 2.75) is 82.4 Å². The Morgan fingerprint density at radius 3 is 2.53 bits per heavy atom. The third-order valence-corrected chi connectivity index (χ3v) is 9.55. The Hall–Kier alpha value is -3.50. The van der Waals surface area contributed by atoms with Crippen molar-refractivity contribution < 1.29 is 33.8 Å². The standard InChI is InChI=1S/C33H43N3O7/c1-5-12-21(2)35-18-11-7-10-15-25(38)34(4)22(3)28(23-13-8-6-9-14-23)42-32(41)26-24-16-17-33(43-24)27(26)30(39)36(19-20-37)29(33)31(35)40/h6-9,11,13-14,16-17,21-22,24,26-29,37H,5,10,12,15,18-20H2,1-4H3/b11-7-/t21?,22-,24+,26-,27-,28+,29+,33-/m1/s1. The largest absolute Gasteiger partial charge is 0.455 e. The van der Waals surface area contributed by atoms with Crippen molar-refractivity contribution in [3.05, 3.63) is 60.2 Å². The number of amides is 3. The van der Waals surface area contributed by atoms with E-state index in [4.69, 9.17) is 9.47 Å². The predicted molar refractivity (Wildman–Crippen MR) is 158 cm³/mol. The Labute approximate surface area is 253 Å². The van der Waals surface area contributed by atoms with Crippen molar-refractivity contribution in [3.8, 4) is 0 Å². The minimum Gasteiger partial charge on any atom is -0.455 e. The molecule has 1 N–H and O–H groups in total. The van der Waals surface area contributed by atoms with Crippen LogP contribution in [0.3, 0.4) is 0 Å². The zero-order valence-corrected chi connectivity index (χ0v) is 25.4. The quantitative estimate of drug-likeness (QED) is 0.398. The minimum atomic E-state index is -1.35. The smallest absolute Gasteiger partial charge is 0.313 e. The SMILES string of the molecule is CCCC(C)N1C/C=C\CCC(=O)N(C)[C@H](C)[C@@H](c2ccccc2)OC(=O)[C@@H]2[C@@H]3C=C[C@]4(O3)[C@H](C1=O)N(CCO)C(=O)[C@@H]24. The van der Waals surface area contributed by atoms with Crippen LogP contribution >= 0.6 is 0 Å². The van der Waals surface area contributed by atoms with Gasteiger partial charge in [-0.2, -0.15) is 0 Å². The summed E-state index contributed by atoms with van der Waals surface area (Å²) in [6.45, 7) is 5.78. The predicted octanol–water partition coefficient (Wildman–Crippen LogP) is 2.63. The Morgan fingerprint density at radius 2 is 1.84 bits per heavy atom. The molecule has 4 aliphatic heterocycles. The van der Waals surface area contributed by atoms with Crippen molar-refractivity contribution in [2.24, 2.45) is 11.8 Å². The highest BCUT2D eigenvalue weighted by Crippen LogP contribution is 2.56. The van der Waals surface area contributed by atoms with Gasteiger partial charge in [-0.1, -0.05) is 68.0 Å². The van der Waals surface area contributed by atoms with Crippen LogP contribution in [0.1, 0.15) is 58.1 Å². The summed E-state index contributed by atoms with van der Waals surface area (Å²) in [5, 5.41) is 9.93. The lowest BCUT2D eigenvalue weighted by atomic mass is 9.74. The number of nitrogens with zero attached hydrogens (tertiary/aromatic N) is 3. The first-order valence-electron chi connectivity index (χ1n) is 15.4. The monoisotopic (exact) mass is 593 g/mol. The number of hydrogen-bond donors (Lipinski definition) is 1. The molecule has 1 unspecified atom stereocenters. The first kappa shape index (κ1) is 30.9. The molecule has 2 saturated heterocycles. The first-order chi connectivity index (χ1) is 20.7. The number of benzene rings is 1. The Bertz CT molecular complexity index is 1280. The molecule has 10 heteroatoms. The maximum absolute atomic E-state index is 14.5. The van der Waals surface area contributed by atoms with Crippen molar-refractivity contribution in [3.63, 3.8) is 0 Å². The number of cyclic esters (lactones) is 1. The van der Waals surface area contributed by atoms with Gasteiger partial charge in [-0.15, -0.1) is 0 Å². The second kappa shape index (κ2) is 12.6. The zero-order valence-electron chi connectivity index (χ0n) is 25.4. The second-order valence-electron chi connectivity index (χ2n) is 12.1. The lowest BCUT2D eigenvalue weighted by molar-refractivity contribution is -0.164. The third kappa shape index (κ3) is 5.40. The molecule has 10 nitrogen and oxygen atoms in total. The molecule has 3 amide bonds. The highest BCUT2D eigenvalue weighted by Gasteiger charge is 2.73. The van der Waals surface area contributed by atoms with Gasteiger partial charge in [-0.25, -0.2) is 0 Å². The average molecular weight is 594 g/mol. The number of aliphatic hydroxyl groups excluding tert-OH is 1. The average Bonchev–Trinajstić information content (AvgIpc) is 3.64. The number of fused-ring (bicyclic) bond motifs is 2. The van der Waals surface area contributed by atoms with Crippen LogP contribution in [0.25, 0.3) is 0 Å². The number of β-amino-alcohol motifs (C(OH)–C–C–N with tert-alkyl or cyclic N) is 1. The van der Waals surface area contributed by atoms with Gasteiger partial charge in [0.15, 0.2) is 0 Å². The highest BCUT2D eigenvalue weighted by molar-refractivity contribution is 5.99. The fourth-order valence-electron chi connectivity index (χ4n) is 7.19. The summed E-state index contributed by atoms with van der Waals surface area (Å²) in [7, 11) is 1.71. The number of aliphatic hydroxyl groups is 1. The number of likely N-dealkylation sites (N-methyl/N-ethyl adjacent to an activating group) is 1. The van der Waals surface area contributed by atoms with Crippen LogP contribution in [0.5, 0.6) is 0 Å². The van der Waals surface area contributed by atoms with Gasteiger partial charge in [-0.05, 0) is 32.3 Å². The third-order valence-electron chi connectivity index (χ3n) is 9.55. The maximum atomic E-state index is 14.5. The molecule has 8 atom stereocenters. The van der Waals surface area contributed by atoms with Crippen LogP contribution in [0.4, 0.5) is 0 Å². The van der Waals surface area contributed by atoms with Gasteiger partial charge in [-0.3, -0.25) is 19.2 Å². The zero-order chi connectivity index (χ0) is 30.9. The van der Waals surface area contributed by atoms with Gasteiger partial charge in [0.1, 0.15) is 23.7 Å². The van der Waals surface area contributed by atoms with E-state index in [-0.39, 0.29) is 37.4 Å². The van der Waals surface area contributed by atoms with Crippen molar-refractivity contribution in [1.82, 2.24) is 14.7 Å². The Kier molecular flexibility index (Phi) is 9.08. The summed E-state index contributed by atoms with van der Waals surface area (Å²) in [5.74, 6) is -3.35. The molecule has 0 aliphatic carbocycles. The number of carbonyl (C=O) groups excluding carboxylic acids is 4. The van der Waals surface area contributed by atoms with E-state index in [9.17, 15) is 24.3 Å². The van der Waals surface area contributed by atoms with Crippen LogP contribution in [-0.2, 0) is 28.7 Å². The number of rotatable bonds is 6. The van der Waals surface area contributed by atoms with Crippen LogP contribution in [0.15, 0.2) is 54.6 Å². The summed E-state index contributed by atoms with van der Waals surface area (Å²) in [6, 6.07) is 7.60. The Morgan fingerprint density at radius 1 is 1.09 bits per heavy atom. The number of likely N-dealkylation sites (tertiary alicyclic amines) is 1. The van der Waals surface area contributed by atoms with Gasteiger partial charge in [0.25, 0.3) is 0 Å². The van der Waals surface area contributed by atoms with E-state index >= 15 is 0 Å². The van der Waals surface area contributed by atoms with Gasteiger partial charge >= 0.3 is 5.97 Å². The number of esters is 1. The van der Waals surface area contributed by atoms with Crippen LogP contribution in [0.2, 0.25) is 0 Å². The number of carbonyl (C=O) groups is 4. The number of ether oxygens (including phenoxy) is 2. The van der Waals surface area contributed by atoms with Gasteiger partial charge in [0.2, 0.25) is 17.7 Å². The molecule has 1 aromatic carbocycles. The molecule has 5 rings (SSSR count).